The Morgan fingerprint density at radius 3 is 2.35 bits per heavy atom. The molecule has 2 atom stereocenters. The average Bonchev–Trinajstić information content (AvgIpc) is 2.39. The highest BCUT2D eigenvalue weighted by atomic mass is 16.3. The minimum Gasteiger partial charge on any atom is -0.396 e. The zero-order valence-corrected chi connectivity index (χ0v) is 9.58. The molecule has 0 aliphatic carbocycles. The monoisotopic (exact) mass is 241 g/mol. The summed E-state index contributed by atoms with van der Waals surface area (Å²) >= 11 is 0. The maximum Gasteiger partial charge on any atom is 0.0876 e. The molecule has 0 amide bonds. The highest BCUT2D eigenvalue weighted by Crippen LogP contribution is 2.21. The predicted molar refractivity (Wildman–Crippen MR) is 62.9 cm³/mol. The maximum absolute atomic E-state index is 9.60. The van der Waals surface area contributed by atoms with Crippen LogP contribution in [0.15, 0.2) is 12.3 Å². The second kappa shape index (κ2) is 6.63. The first-order valence-corrected chi connectivity index (χ1v) is 5.45. The third kappa shape index (κ3) is 3.21. The fourth-order valence-corrected chi connectivity index (χ4v) is 1.70. The van der Waals surface area contributed by atoms with Gasteiger partial charge in [0.05, 0.1) is 30.9 Å². The van der Waals surface area contributed by atoms with E-state index in [0.717, 1.165) is 11.1 Å². The van der Waals surface area contributed by atoms with Crippen LogP contribution in [0.5, 0.6) is 0 Å². The van der Waals surface area contributed by atoms with Crippen LogP contribution in [0.1, 0.15) is 22.7 Å². The molecule has 96 valence electrons. The van der Waals surface area contributed by atoms with E-state index in [1.807, 2.05) is 0 Å². The van der Waals surface area contributed by atoms with Crippen molar-refractivity contribution in [2.24, 2.45) is 11.5 Å². The lowest BCUT2D eigenvalue weighted by molar-refractivity contribution is 0.0510. The third-order valence-electron chi connectivity index (χ3n) is 2.71. The minimum absolute atomic E-state index is 0.241. The van der Waals surface area contributed by atoms with E-state index in [1.165, 1.54) is 0 Å². The summed E-state index contributed by atoms with van der Waals surface area (Å²) in [5, 5.41) is 27.8. The van der Waals surface area contributed by atoms with Crippen LogP contribution in [0.25, 0.3) is 0 Å². The number of pyridine rings is 1. The van der Waals surface area contributed by atoms with Crippen LogP contribution < -0.4 is 11.5 Å². The molecule has 0 aliphatic heterocycles. The largest absolute Gasteiger partial charge is 0.396 e. The van der Waals surface area contributed by atoms with Crippen molar-refractivity contribution in [1.82, 2.24) is 4.98 Å². The van der Waals surface area contributed by atoms with Gasteiger partial charge in [-0.1, -0.05) is 0 Å². The molecule has 0 aromatic carbocycles. The van der Waals surface area contributed by atoms with Crippen molar-refractivity contribution in [3.05, 3.63) is 29.1 Å². The van der Waals surface area contributed by atoms with Gasteiger partial charge in [-0.3, -0.25) is 4.98 Å². The second-order valence-corrected chi connectivity index (χ2v) is 3.84. The van der Waals surface area contributed by atoms with Gasteiger partial charge in [-0.25, -0.2) is 0 Å². The zero-order chi connectivity index (χ0) is 12.8. The average molecular weight is 241 g/mol. The molecule has 1 aromatic rings. The Balaban J connectivity index is 3.10. The molecule has 1 aromatic heterocycles. The molecule has 0 aliphatic rings. The summed E-state index contributed by atoms with van der Waals surface area (Å²) in [5.74, 6) is -0.634. The number of aliphatic hydroxyl groups excluding tert-OH is 3. The number of rotatable bonds is 6. The molecule has 0 bridgehead atoms. The smallest absolute Gasteiger partial charge is 0.0876 e. The summed E-state index contributed by atoms with van der Waals surface area (Å²) in [5.41, 5.74) is 13.2. The van der Waals surface area contributed by atoms with E-state index in [9.17, 15) is 10.2 Å². The van der Waals surface area contributed by atoms with E-state index in [-0.39, 0.29) is 13.2 Å². The van der Waals surface area contributed by atoms with Crippen LogP contribution in [0.3, 0.4) is 0 Å². The van der Waals surface area contributed by atoms with Gasteiger partial charge in [-0.05, 0) is 17.2 Å². The Hall–Kier alpha value is -1.05. The molecule has 1 heterocycles. The minimum atomic E-state index is -1.05. The molecule has 2 unspecified atom stereocenters. The summed E-state index contributed by atoms with van der Waals surface area (Å²) in [6, 6.07) is 1.80. The number of aromatic nitrogens is 1. The van der Waals surface area contributed by atoms with Crippen molar-refractivity contribution >= 4 is 0 Å². The lowest BCUT2D eigenvalue weighted by Crippen LogP contribution is -2.27. The van der Waals surface area contributed by atoms with Crippen LogP contribution in [0.4, 0.5) is 0 Å². The summed E-state index contributed by atoms with van der Waals surface area (Å²) in [6.07, 6.45) is 0.530. The molecule has 6 nitrogen and oxygen atoms in total. The Kier molecular flexibility index (Phi) is 5.46. The standard InChI is InChI=1S/C11H19N3O3/c12-2-7-1-8(3-13)11(14-4-7)9(5-15)10(17)6-16/h1,4,9-10,15-17H,2-3,5-6,12-13H2. The summed E-state index contributed by atoms with van der Waals surface area (Å²) in [6.45, 7) is -0.142. The fraction of sp³-hybridized carbons (Fsp3) is 0.545. The van der Waals surface area contributed by atoms with E-state index < -0.39 is 18.6 Å². The van der Waals surface area contributed by atoms with E-state index in [1.54, 1.807) is 12.3 Å². The van der Waals surface area contributed by atoms with Gasteiger partial charge in [0.2, 0.25) is 0 Å². The number of aliphatic hydroxyl groups is 3. The molecule has 0 radical (unpaired) electrons. The number of hydrogen-bond acceptors (Lipinski definition) is 6. The highest BCUT2D eigenvalue weighted by Gasteiger charge is 2.23. The molecule has 7 N–H and O–H groups in total. The lowest BCUT2D eigenvalue weighted by Gasteiger charge is -2.21. The zero-order valence-electron chi connectivity index (χ0n) is 9.58. The Labute approximate surface area is 99.9 Å². The maximum atomic E-state index is 9.60. The van der Waals surface area contributed by atoms with Gasteiger partial charge in [-0.15, -0.1) is 0 Å². The van der Waals surface area contributed by atoms with Gasteiger partial charge >= 0.3 is 0 Å². The lowest BCUT2D eigenvalue weighted by atomic mass is 9.94. The van der Waals surface area contributed by atoms with Gasteiger partial charge in [-0.2, -0.15) is 0 Å². The van der Waals surface area contributed by atoms with Gasteiger partial charge in [0.15, 0.2) is 0 Å². The van der Waals surface area contributed by atoms with Crippen molar-refractivity contribution in [2.75, 3.05) is 13.2 Å². The van der Waals surface area contributed by atoms with Crippen LogP contribution in [-0.4, -0.2) is 39.6 Å². The number of nitrogens with two attached hydrogens (primary N) is 2. The summed E-state index contributed by atoms with van der Waals surface area (Å²) in [7, 11) is 0. The molecular weight excluding hydrogens is 222 g/mol. The SMILES string of the molecule is NCc1cnc(C(CO)C(O)CO)c(CN)c1. The van der Waals surface area contributed by atoms with Crippen LogP contribution in [0.2, 0.25) is 0 Å². The first-order chi connectivity index (χ1) is 8.17. The molecular formula is C11H19N3O3. The third-order valence-corrected chi connectivity index (χ3v) is 2.71. The number of nitrogens with zero attached hydrogens (tertiary/aromatic N) is 1. The van der Waals surface area contributed by atoms with E-state index in [4.69, 9.17) is 16.6 Å². The molecule has 0 spiro atoms. The fourth-order valence-electron chi connectivity index (χ4n) is 1.70. The molecule has 6 heteroatoms. The van der Waals surface area contributed by atoms with Crippen LogP contribution in [0, 0.1) is 0 Å². The van der Waals surface area contributed by atoms with Crippen molar-refractivity contribution in [1.29, 1.82) is 0 Å². The Bertz CT molecular complexity index is 360. The first kappa shape index (κ1) is 14.0. The molecule has 0 fully saturated rings. The second-order valence-electron chi connectivity index (χ2n) is 3.84. The summed E-state index contributed by atoms with van der Waals surface area (Å²) < 4.78 is 0. The highest BCUT2D eigenvalue weighted by molar-refractivity contribution is 5.28. The van der Waals surface area contributed by atoms with Crippen molar-refractivity contribution in [3.8, 4) is 0 Å². The van der Waals surface area contributed by atoms with E-state index >= 15 is 0 Å². The van der Waals surface area contributed by atoms with Crippen LogP contribution in [-0.2, 0) is 13.1 Å². The predicted octanol–water partition coefficient (Wildman–Crippen LogP) is -1.57. The molecule has 17 heavy (non-hydrogen) atoms. The quantitative estimate of drug-likeness (QED) is 0.409. The van der Waals surface area contributed by atoms with Gasteiger partial charge < -0.3 is 26.8 Å². The first-order valence-electron chi connectivity index (χ1n) is 5.45. The molecule has 0 saturated carbocycles. The van der Waals surface area contributed by atoms with Crippen molar-refractivity contribution < 1.29 is 15.3 Å². The molecule has 1 rings (SSSR count). The van der Waals surface area contributed by atoms with Gasteiger partial charge in [0.1, 0.15) is 0 Å². The normalized spacial score (nSPS) is 14.6. The van der Waals surface area contributed by atoms with Crippen LogP contribution >= 0.6 is 0 Å². The van der Waals surface area contributed by atoms with Crippen molar-refractivity contribution in [2.45, 2.75) is 25.1 Å². The van der Waals surface area contributed by atoms with Gasteiger partial charge in [0, 0.05) is 19.3 Å². The topological polar surface area (TPSA) is 126 Å². The van der Waals surface area contributed by atoms with E-state index in [0.29, 0.717) is 12.2 Å². The Morgan fingerprint density at radius 2 is 1.88 bits per heavy atom. The molecule has 0 saturated heterocycles. The number of hydrogen-bond donors (Lipinski definition) is 5. The summed E-state index contributed by atoms with van der Waals surface area (Å²) in [4.78, 5) is 4.17. The van der Waals surface area contributed by atoms with E-state index in [2.05, 4.69) is 4.98 Å². The van der Waals surface area contributed by atoms with Crippen molar-refractivity contribution in [3.63, 3.8) is 0 Å². The Morgan fingerprint density at radius 1 is 1.18 bits per heavy atom. The van der Waals surface area contributed by atoms with Gasteiger partial charge in [0.25, 0.3) is 0 Å².